The molecule has 1 aromatic heterocycles. The van der Waals surface area contributed by atoms with E-state index in [-0.39, 0.29) is 10.3 Å². The molecule has 136 valence electrons. The van der Waals surface area contributed by atoms with Crippen LogP contribution in [0.2, 0.25) is 0 Å². The number of aromatic amines is 1. The second-order valence-electron chi connectivity index (χ2n) is 7.20. The largest absolute Gasteiger partial charge is 0.361 e. The molecule has 6 heteroatoms. The number of hydrogen-bond donors (Lipinski definition) is 1. The smallest absolute Gasteiger partial charge is 0.242 e. The predicted molar refractivity (Wildman–Crippen MR) is 100 cm³/mol. The van der Waals surface area contributed by atoms with Crippen LogP contribution in [0, 0.1) is 12.7 Å². The molecular formula is C20H21FN2O2S. The number of nitrogens with zero attached hydrogens (tertiary/aromatic N) is 1. The molecule has 1 saturated carbocycles. The molecule has 4 nitrogen and oxygen atoms in total. The Morgan fingerprint density at radius 3 is 2.62 bits per heavy atom. The van der Waals surface area contributed by atoms with E-state index in [1.807, 2.05) is 24.4 Å². The van der Waals surface area contributed by atoms with Crippen molar-refractivity contribution in [1.29, 1.82) is 0 Å². The minimum absolute atomic E-state index is 0.133. The van der Waals surface area contributed by atoms with Gasteiger partial charge in [-0.15, -0.1) is 0 Å². The minimum atomic E-state index is -3.66. The Balaban J connectivity index is 1.65. The average Bonchev–Trinajstić information content (AvgIpc) is 3.25. The third-order valence-corrected chi connectivity index (χ3v) is 7.18. The van der Waals surface area contributed by atoms with Crippen molar-refractivity contribution in [3.63, 3.8) is 0 Å². The van der Waals surface area contributed by atoms with Gasteiger partial charge in [0.05, 0.1) is 4.90 Å². The Morgan fingerprint density at radius 2 is 1.92 bits per heavy atom. The molecule has 26 heavy (non-hydrogen) atoms. The maximum Gasteiger partial charge on any atom is 0.242 e. The number of benzene rings is 2. The molecule has 0 amide bonds. The fourth-order valence-corrected chi connectivity index (χ4v) is 4.99. The summed E-state index contributed by atoms with van der Waals surface area (Å²) in [5.41, 5.74) is 2.41. The van der Waals surface area contributed by atoms with Gasteiger partial charge in [-0.1, -0.05) is 18.2 Å². The van der Waals surface area contributed by atoms with E-state index in [4.69, 9.17) is 0 Å². The number of rotatable bonds is 5. The fraction of sp³-hybridized carbons (Fsp3) is 0.300. The second-order valence-corrected chi connectivity index (χ2v) is 9.25. The Kier molecular flexibility index (Phi) is 3.93. The number of fused-ring (bicyclic) bond motifs is 1. The zero-order chi connectivity index (χ0) is 18.5. The molecule has 3 aromatic rings. The average molecular weight is 372 g/mol. The van der Waals surface area contributed by atoms with Crippen molar-refractivity contribution in [2.75, 3.05) is 13.6 Å². The SMILES string of the molecule is Cc1cc(S(=O)(=O)N(C)CC2(c3c[nH]c4ccccc34)CC2)ccc1F. The monoisotopic (exact) mass is 372 g/mol. The van der Waals surface area contributed by atoms with Crippen molar-refractivity contribution in [3.8, 4) is 0 Å². The summed E-state index contributed by atoms with van der Waals surface area (Å²) in [5, 5.41) is 1.15. The zero-order valence-corrected chi connectivity index (χ0v) is 15.6. The lowest BCUT2D eigenvalue weighted by Crippen LogP contribution is -2.34. The minimum Gasteiger partial charge on any atom is -0.361 e. The Labute approximate surface area is 152 Å². The van der Waals surface area contributed by atoms with Crippen molar-refractivity contribution < 1.29 is 12.8 Å². The van der Waals surface area contributed by atoms with E-state index in [0.29, 0.717) is 12.1 Å². The standard InChI is InChI=1S/C20H21FN2O2S/c1-14-11-15(7-8-18(14)21)26(24,25)23(2)13-20(9-10-20)17-12-22-19-6-4-3-5-16(17)19/h3-8,11-12,22H,9-10,13H2,1-2H3. The number of aromatic nitrogens is 1. The molecule has 1 fully saturated rings. The summed E-state index contributed by atoms with van der Waals surface area (Å²) in [7, 11) is -2.06. The Morgan fingerprint density at radius 1 is 1.19 bits per heavy atom. The molecule has 1 heterocycles. The molecular weight excluding hydrogens is 351 g/mol. The highest BCUT2D eigenvalue weighted by Gasteiger charge is 2.48. The lowest BCUT2D eigenvalue weighted by molar-refractivity contribution is 0.428. The maximum absolute atomic E-state index is 13.5. The molecule has 0 atom stereocenters. The van der Waals surface area contributed by atoms with E-state index in [0.717, 1.165) is 23.7 Å². The lowest BCUT2D eigenvalue weighted by Gasteiger charge is -2.23. The number of sulfonamides is 1. The number of likely N-dealkylation sites (N-methyl/N-ethyl adjacent to an activating group) is 1. The first-order valence-electron chi connectivity index (χ1n) is 8.63. The summed E-state index contributed by atoms with van der Waals surface area (Å²) in [5.74, 6) is -0.399. The van der Waals surface area contributed by atoms with Crippen LogP contribution >= 0.6 is 0 Å². The topological polar surface area (TPSA) is 53.2 Å². The summed E-state index contributed by atoms with van der Waals surface area (Å²) in [4.78, 5) is 3.41. The van der Waals surface area contributed by atoms with Gasteiger partial charge in [-0.3, -0.25) is 0 Å². The van der Waals surface area contributed by atoms with Crippen LogP contribution in [0.3, 0.4) is 0 Å². The molecule has 1 N–H and O–H groups in total. The highest BCUT2D eigenvalue weighted by atomic mass is 32.2. The molecule has 1 aliphatic carbocycles. The van der Waals surface area contributed by atoms with Crippen molar-refractivity contribution in [2.45, 2.75) is 30.1 Å². The van der Waals surface area contributed by atoms with Gasteiger partial charge < -0.3 is 4.98 Å². The summed E-state index contributed by atoms with van der Waals surface area (Å²) in [6.45, 7) is 1.98. The van der Waals surface area contributed by atoms with Crippen LogP contribution in [0.4, 0.5) is 4.39 Å². The summed E-state index contributed by atoms with van der Waals surface area (Å²) in [6, 6.07) is 12.0. The highest BCUT2D eigenvalue weighted by Crippen LogP contribution is 2.51. The number of nitrogens with one attached hydrogen (secondary N) is 1. The third kappa shape index (κ3) is 2.73. The first-order chi connectivity index (χ1) is 12.3. The first-order valence-corrected chi connectivity index (χ1v) is 10.1. The van der Waals surface area contributed by atoms with Gasteiger partial charge in [-0.05, 0) is 55.2 Å². The lowest BCUT2D eigenvalue weighted by atomic mass is 9.95. The Bertz CT molecular complexity index is 1080. The van der Waals surface area contributed by atoms with E-state index in [1.165, 1.54) is 28.1 Å². The molecule has 4 rings (SSSR count). The van der Waals surface area contributed by atoms with Gasteiger partial charge in [-0.25, -0.2) is 17.1 Å². The van der Waals surface area contributed by atoms with E-state index < -0.39 is 15.8 Å². The second kappa shape index (κ2) is 5.93. The summed E-state index contributed by atoms with van der Waals surface area (Å²) >= 11 is 0. The number of halogens is 1. The summed E-state index contributed by atoms with van der Waals surface area (Å²) in [6.07, 6.45) is 3.91. The van der Waals surface area contributed by atoms with Gasteiger partial charge in [0.2, 0.25) is 10.0 Å². The molecule has 0 radical (unpaired) electrons. The van der Waals surface area contributed by atoms with Crippen molar-refractivity contribution >= 4 is 20.9 Å². The zero-order valence-electron chi connectivity index (χ0n) is 14.8. The highest BCUT2D eigenvalue weighted by molar-refractivity contribution is 7.89. The van der Waals surface area contributed by atoms with Crippen LogP contribution in [-0.2, 0) is 15.4 Å². The molecule has 0 spiro atoms. The van der Waals surface area contributed by atoms with E-state index >= 15 is 0 Å². The van der Waals surface area contributed by atoms with Crippen LogP contribution in [0.25, 0.3) is 10.9 Å². The molecule has 0 bridgehead atoms. The molecule has 0 aliphatic heterocycles. The first kappa shape index (κ1) is 17.2. The summed E-state index contributed by atoms with van der Waals surface area (Å²) < 4.78 is 40.7. The van der Waals surface area contributed by atoms with Crippen LogP contribution in [0.5, 0.6) is 0 Å². The van der Waals surface area contributed by atoms with Crippen molar-refractivity contribution in [2.24, 2.45) is 0 Å². The molecule has 0 unspecified atom stereocenters. The predicted octanol–water partition coefficient (Wildman–Crippen LogP) is 3.97. The van der Waals surface area contributed by atoms with E-state index in [2.05, 4.69) is 11.1 Å². The number of H-pyrrole nitrogens is 1. The number of para-hydroxylation sites is 1. The molecule has 2 aromatic carbocycles. The van der Waals surface area contributed by atoms with Gasteiger partial charge in [-0.2, -0.15) is 0 Å². The van der Waals surface area contributed by atoms with Crippen LogP contribution in [0.1, 0.15) is 24.0 Å². The molecule has 0 saturated heterocycles. The van der Waals surface area contributed by atoms with Gasteiger partial charge in [0.25, 0.3) is 0 Å². The van der Waals surface area contributed by atoms with Gasteiger partial charge >= 0.3 is 0 Å². The van der Waals surface area contributed by atoms with Gasteiger partial charge in [0, 0.05) is 36.1 Å². The van der Waals surface area contributed by atoms with Crippen LogP contribution < -0.4 is 0 Å². The fourth-order valence-electron chi connectivity index (χ4n) is 3.64. The number of aryl methyl sites for hydroxylation is 1. The van der Waals surface area contributed by atoms with E-state index in [9.17, 15) is 12.8 Å². The van der Waals surface area contributed by atoms with Crippen molar-refractivity contribution in [1.82, 2.24) is 9.29 Å². The van der Waals surface area contributed by atoms with E-state index in [1.54, 1.807) is 14.0 Å². The number of hydrogen-bond acceptors (Lipinski definition) is 2. The third-order valence-electron chi connectivity index (χ3n) is 5.38. The van der Waals surface area contributed by atoms with Crippen LogP contribution in [-0.4, -0.2) is 31.3 Å². The van der Waals surface area contributed by atoms with Gasteiger partial charge in [0.1, 0.15) is 5.82 Å². The van der Waals surface area contributed by atoms with Crippen LogP contribution in [0.15, 0.2) is 53.6 Å². The van der Waals surface area contributed by atoms with Crippen molar-refractivity contribution in [3.05, 3.63) is 65.6 Å². The Hall–Kier alpha value is -2.18. The molecule has 1 aliphatic rings. The normalized spacial score (nSPS) is 16.3. The maximum atomic E-state index is 13.5. The quantitative estimate of drug-likeness (QED) is 0.737. The van der Waals surface area contributed by atoms with Gasteiger partial charge in [0.15, 0.2) is 0 Å².